The van der Waals surface area contributed by atoms with Crippen LogP contribution in [-0.4, -0.2) is 70.9 Å². The Morgan fingerprint density at radius 1 is 0.867 bits per heavy atom. The number of hydrogen-bond acceptors (Lipinski definition) is 9. The summed E-state index contributed by atoms with van der Waals surface area (Å²) in [5, 5.41) is 31.5. The molecule has 3 aliphatic rings. The number of ether oxygens (including phenoxy) is 2. The monoisotopic (exact) mass is 452 g/mol. The zero-order valence-corrected chi connectivity index (χ0v) is 18.9. The number of fused-ring (bicyclic) bond motifs is 1. The first kappa shape index (κ1) is 24.6. The van der Waals surface area contributed by atoms with E-state index in [4.69, 9.17) is 23.0 Å². The van der Waals surface area contributed by atoms with Gasteiger partial charge in [0.25, 0.3) is 0 Å². The zero-order chi connectivity index (χ0) is 21.8. The van der Waals surface area contributed by atoms with Crippen molar-refractivity contribution in [1.29, 1.82) is 0 Å². The topological polar surface area (TPSA) is 124 Å². The minimum Gasteiger partial charge on any atom is -0.387 e. The molecule has 2 saturated carbocycles. The lowest BCUT2D eigenvalue weighted by Crippen LogP contribution is -2.63. The quantitative estimate of drug-likeness (QED) is 0.339. The second kappa shape index (κ2) is 10.7. The minimum atomic E-state index is -4.02. The molecule has 0 aromatic rings. The molecule has 3 rings (SSSR count). The van der Waals surface area contributed by atoms with Crippen molar-refractivity contribution in [1.82, 2.24) is 0 Å². The number of phosphoric acid groups is 1. The number of aliphatic hydroxyl groups is 3. The van der Waals surface area contributed by atoms with Crippen LogP contribution in [-0.2, 0) is 27.6 Å². The van der Waals surface area contributed by atoms with Crippen molar-refractivity contribution in [2.24, 2.45) is 0 Å². The van der Waals surface area contributed by atoms with Crippen LogP contribution >= 0.6 is 7.82 Å². The molecular formula is C20H37O9P. The molecule has 1 heterocycles. The highest BCUT2D eigenvalue weighted by Crippen LogP contribution is 2.54. The molecule has 0 radical (unpaired) electrons. The molecule has 1 spiro atoms. The van der Waals surface area contributed by atoms with E-state index < -0.39 is 50.2 Å². The summed E-state index contributed by atoms with van der Waals surface area (Å²) in [4.78, 5) is 0. The molecule has 176 valence electrons. The second-order valence-corrected chi connectivity index (χ2v) is 10.1. The summed E-state index contributed by atoms with van der Waals surface area (Å²) in [6.07, 6.45) is -0.142. The van der Waals surface area contributed by atoms with Crippen molar-refractivity contribution in [3.05, 3.63) is 0 Å². The van der Waals surface area contributed by atoms with Gasteiger partial charge in [-0.15, -0.1) is 0 Å². The van der Waals surface area contributed by atoms with Gasteiger partial charge in [0.2, 0.25) is 0 Å². The lowest BCUT2D eigenvalue weighted by molar-refractivity contribution is -0.202. The number of unbranched alkanes of at least 4 members (excludes halogenated alkanes) is 2. The number of hydrogen-bond donors (Lipinski definition) is 3. The molecule has 0 amide bonds. The molecular weight excluding hydrogens is 415 g/mol. The lowest BCUT2D eigenvalue weighted by Gasteiger charge is -2.41. The van der Waals surface area contributed by atoms with E-state index in [9.17, 15) is 19.9 Å². The third kappa shape index (κ3) is 5.45. The molecule has 9 nitrogen and oxygen atoms in total. The van der Waals surface area contributed by atoms with Crippen molar-refractivity contribution in [2.45, 2.75) is 114 Å². The van der Waals surface area contributed by atoms with Crippen LogP contribution in [0, 0.1) is 0 Å². The van der Waals surface area contributed by atoms with Gasteiger partial charge in [-0.2, -0.15) is 0 Å². The van der Waals surface area contributed by atoms with E-state index in [-0.39, 0.29) is 13.2 Å². The molecule has 0 unspecified atom stereocenters. The van der Waals surface area contributed by atoms with Gasteiger partial charge in [0.1, 0.15) is 36.6 Å². The fraction of sp³-hybridized carbons (Fsp3) is 1.00. The highest BCUT2D eigenvalue weighted by atomic mass is 31.2. The van der Waals surface area contributed by atoms with E-state index in [2.05, 4.69) is 0 Å². The summed E-state index contributed by atoms with van der Waals surface area (Å²) in [6.45, 7) is 4.33. The summed E-state index contributed by atoms with van der Waals surface area (Å²) < 4.78 is 42.2. The van der Waals surface area contributed by atoms with Crippen LogP contribution in [0.5, 0.6) is 0 Å². The predicted octanol–water partition coefficient (Wildman–Crippen LogP) is 2.65. The summed E-state index contributed by atoms with van der Waals surface area (Å²) in [6, 6.07) is 0. The Kier molecular flexibility index (Phi) is 8.74. The highest BCUT2D eigenvalue weighted by molar-refractivity contribution is 7.48. The van der Waals surface area contributed by atoms with Crippen LogP contribution in [0.15, 0.2) is 0 Å². The van der Waals surface area contributed by atoms with Crippen LogP contribution in [0.4, 0.5) is 0 Å². The maximum atomic E-state index is 13.3. The van der Waals surface area contributed by atoms with E-state index >= 15 is 0 Å². The van der Waals surface area contributed by atoms with E-state index in [0.717, 1.165) is 32.1 Å². The number of phosphoric ester groups is 1. The smallest absolute Gasteiger partial charge is 0.387 e. The predicted molar refractivity (Wildman–Crippen MR) is 108 cm³/mol. The van der Waals surface area contributed by atoms with Crippen LogP contribution in [0.3, 0.4) is 0 Å². The number of aliphatic hydroxyl groups excluding tert-OH is 3. The molecule has 0 aromatic heterocycles. The normalized spacial score (nSPS) is 36.2. The summed E-state index contributed by atoms with van der Waals surface area (Å²) in [7, 11) is -4.02. The minimum absolute atomic E-state index is 0.184. The largest absolute Gasteiger partial charge is 0.475 e. The Hall–Kier alpha value is -0.0900. The first-order valence-electron chi connectivity index (χ1n) is 11.3. The van der Waals surface area contributed by atoms with Gasteiger partial charge in [-0.1, -0.05) is 33.1 Å². The maximum Gasteiger partial charge on any atom is 0.475 e. The Bertz CT molecular complexity index is 569. The van der Waals surface area contributed by atoms with Gasteiger partial charge in [-0.3, -0.25) is 13.6 Å². The molecule has 3 N–H and O–H groups in total. The maximum absolute atomic E-state index is 13.3. The first-order chi connectivity index (χ1) is 14.3. The van der Waals surface area contributed by atoms with E-state index in [0.29, 0.717) is 25.7 Å². The molecule has 1 aliphatic heterocycles. The molecule has 2 aliphatic carbocycles. The summed E-state index contributed by atoms with van der Waals surface area (Å²) in [5.74, 6) is -0.879. The van der Waals surface area contributed by atoms with E-state index in [1.165, 1.54) is 0 Å². The molecule has 0 aromatic carbocycles. The average molecular weight is 452 g/mol. The Morgan fingerprint density at radius 3 is 2.00 bits per heavy atom. The molecule has 6 atom stereocenters. The SMILES string of the molecule is CCCCOP(=O)(OCCCC)O[C@@H]1[C@@H](O)[C@H](O)[C@@H](O)[C@@H]2OC3(CCCCC3)O[C@H]12. The van der Waals surface area contributed by atoms with Gasteiger partial charge >= 0.3 is 7.82 Å². The summed E-state index contributed by atoms with van der Waals surface area (Å²) in [5.41, 5.74) is 0. The van der Waals surface area contributed by atoms with Crippen molar-refractivity contribution >= 4 is 7.82 Å². The third-order valence-electron chi connectivity index (χ3n) is 6.08. The van der Waals surface area contributed by atoms with E-state index in [1.54, 1.807) is 0 Å². The van der Waals surface area contributed by atoms with Crippen LogP contribution in [0.1, 0.15) is 71.6 Å². The van der Waals surface area contributed by atoms with Gasteiger partial charge < -0.3 is 24.8 Å². The third-order valence-corrected chi connectivity index (χ3v) is 7.58. The second-order valence-electron chi connectivity index (χ2n) is 8.50. The van der Waals surface area contributed by atoms with Crippen molar-refractivity contribution in [3.63, 3.8) is 0 Å². The van der Waals surface area contributed by atoms with Crippen LogP contribution in [0.25, 0.3) is 0 Å². The Labute approximate surface area is 178 Å². The molecule has 30 heavy (non-hydrogen) atoms. The molecule has 0 bridgehead atoms. The number of rotatable bonds is 10. The van der Waals surface area contributed by atoms with Crippen LogP contribution in [0.2, 0.25) is 0 Å². The Balaban J connectivity index is 1.78. The first-order valence-corrected chi connectivity index (χ1v) is 12.8. The summed E-state index contributed by atoms with van der Waals surface area (Å²) >= 11 is 0. The van der Waals surface area contributed by atoms with E-state index in [1.807, 2.05) is 13.8 Å². The van der Waals surface area contributed by atoms with Gasteiger partial charge in [0.15, 0.2) is 5.79 Å². The fourth-order valence-electron chi connectivity index (χ4n) is 4.30. The van der Waals surface area contributed by atoms with Crippen molar-refractivity contribution in [3.8, 4) is 0 Å². The van der Waals surface area contributed by atoms with Crippen LogP contribution < -0.4 is 0 Å². The van der Waals surface area contributed by atoms with Crippen molar-refractivity contribution < 1.29 is 42.9 Å². The molecule has 10 heteroatoms. The molecule has 3 fully saturated rings. The van der Waals surface area contributed by atoms with Crippen molar-refractivity contribution in [2.75, 3.05) is 13.2 Å². The van der Waals surface area contributed by atoms with Gasteiger partial charge in [-0.05, 0) is 25.7 Å². The Morgan fingerprint density at radius 2 is 1.43 bits per heavy atom. The lowest BCUT2D eigenvalue weighted by atomic mass is 9.85. The fourth-order valence-corrected chi connectivity index (χ4v) is 5.74. The van der Waals surface area contributed by atoms with Gasteiger partial charge in [0.05, 0.1) is 13.2 Å². The zero-order valence-electron chi connectivity index (χ0n) is 18.0. The standard InChI is InChI=1S/C20H37O9P/c1-3-5-12-25-30(24,26-13-6-4-2)29-18-16(23)14(21)15(22)17-19(18)28-20(27-17)10-8-7-9-11-20/h14-19,21-23H,3-13H2,1-2H3/t14-,15-,16+,17+,18-,19+/m1/s1. The molecule has 1 saturated heterocycles. The van der Waals surface area contributed by atoms with Gasteiger partial charge in [-0.25, -0.2) is 4.57 Å². The van der Waals surface area contributed by atoms with Gasteiger partial charge in [0, 0.05) is 12.8 Å². The average Bonchev–Trinajstić information content (AvgIpc) is 3.09. The highest BCUT2D eigenvalue weighted by Gasteiger charge is 2.61.